The van der Waals surface area contributed by atoms with Gasteiger partial charge in [-0.15, -0.1) is 0 Å². The van der Waals surface area contributed by atoms with E-state index in [1.54, 1.807) is 17.7 Å². The van der Waals surface area contributed by atoms with E-state index in [4.69, 9.17) is 30.5 Å². The number of hydrogen-bond acceptors (Lipinski definition) is 6. The van der Waals surface area contributed by atoms with Gasteiger partial charge in [0.05, 0.1) is 24.9 Å². The van der Waals surface area contributed by atoms with E-state index in [0.29, 0.717) is 27.2 Å². The normalized spacial score (nSPS) is 22.7. The Balaban J connectivity index is 1.46. The van der Waals surface area contributed by atoms with Gasteiger partial charge in [-0.25, -0.2) is 4.39 Å². The molecule has 3 atom stereocenters. The number of H-pyrrole nitrogens is 1. The van der Waals surface area contributed by atoms with Gasteiger partial charge in [-0.2, -0.15) is 0 Å². The van der Waals surface area contributed by atoms with Crippen LogP contribution in [0.5, 0.6) is 5.75 Å². The zero-order chi connectivity index (χ0) is 25.7. The Hall–Kier alpha value is -1.64. The summed E-state index contributed by atoms with van der Waals surface area (Å²) in [6.45, 7) is 14.4. The lowest BCUT2D eigenvalue weighted by molar-refractivity contribution is -0.0222. The lowest BCUT2D eigenvalue weighted by Crippen LogP contribution is -2.23. The number of nitrogens with one attached hydrogen (secondary N) is 1. The van der Waals surface area contributed by atoms with Crippen molar-refractivity contribution in [3.63, 3.8) is 0 Å². The molecule has 1 aromatic heterocycles. The van der Waals surface area contributed by atoms with Crippen molar-refractivity contribution >= 4 is 20.8 Å². The molecule has 1 saturated heterocycles. The molecule has 3 unspecified atom stereocenters. The molecule has 1 aromatic carbocycles. The summed E-state index contributed by atoms with van der Waals surface area (Å²) in [5, 5.41) is 0. The smallest absolute Gasteiger partial charge is 0.397 e. The third kappa shape index (κ3) is 5.54. The fourth-order valence-corrected chi connectivity index (χ4v) is 5.60. The molecule has 0 saturated carbocycles. The van der Waals surface area contributed by atoms with Crippen molar-refractivity contribution in [1.29, 1.82) is 0 Å². The molecule has 0 bridgehead atoms. The van der Waals surface area contributed by atoms with E-state index < -0.39 is 8.60 Å². The van der Waals surface area contributed by atoms with Gasteiger partial charge in [-0.1, -0.05) is 41.5 Å². The Morgan fingerprint density at radius 3 is 2.54 bits per heavy atom. The number of halogens is 1. The molecule has 192 valence electrons. The SMILES string of the molecule is Cc1cn(C2CCC(COP3OCc4c(F)c(C(C)(C)C)cc(C(C)(C)C)c4O3)O2)c(=S)[nH]c1=O. The van der Waals surface area contributed by atoms with Gasteiger partial charge in [-0.05, 0) is 54.4 Å². The Morgan fingerprint density at radius 2 is 1.89 bits per heavy atom. The van der Waals surface area contributed by atoms with Crippen molar-refractivity contribution in [3.05, 3.63) is 55.5 Å². The molecule has 1 N–H and O–H groups in total. The largest absolute Gasteiger partial charge is 0.426 e. The number of nitrogens with zero attached hydrogens (tertiary/aromatic N) is 1. The van der Waals surface area contributed by atoms with E-state index >= 15 is 4.39 Å². The number of aromatic nitrogens is 2. The average molecular weight is 525 g/mol. The van der Waals surface area contributed by atoms with E-state index in [9.17, 15) is 4.79 Å². The standard InChI is InChI=1S/C25H34FN2O5PS/c1-14-11-28(23(35)27-22(14)29)19-9-8-15(32-19)12-30-34-31-13-16-20(26)17(24(2,3)4)10-18(21(16)33-34)25(5,6)7/h10-11,15,19H,8-9,12-13H2,1-7H3,(H,27,29,35). The van der Waals surface area contributed by atoms with Crippen LogP contribution in [0.2, 0.25) is 0 Å². The number of rotatable bonds is 4. The van der Waals surface area contributed by atoms with Crippen LogP contribution in [0.3, 0.4) is 0 Å². The van der Waals surface area contributed by atoms with Crippen molar-refractivity contribution in [1.82, 2.24) is 9.55 Å². The van der Waals surface area contributed by atoms with Gasteiger partial charge in [0.2, 0.25) is 0 Å². The summed E-state index contributed by atoms with van der Waals surface area (Å²) >= 11 is 5.29. The summed E-state index contributed by atoms with van der Waals surface area (Å²) in [5.74, 6) is 0.255. The van der Waals surface area contributed by atoms with Crippen LogP contribution in [-0.2, 0) is 31.2 Å². The number of aromatic amines is 1. The van der Waals surface area contributed by atoms with E-state index in [0.717, 1.165) is 18.4 Å². The summed E-state index contributed by atoms with van der Waals surface area (Å²) < 4.78 is 41.5. The minimum absolute atomic E-state index is 0.0971. The molecular formula is C25H34FN2O5PS. The summed E-state index contributed by atoms with van der Waals surface area (Å²) in [7, 11) is -1.69. The first-order chi connectivity index (χ1) is 16.3. The second-order valence-corrected chi connectivity index (χ2v) is 12.8. The molecule has 0 amide bonds. The van der Waals surface area contributed by atoms with Crippen LogP contribution in [0.25, 0.3) is 0 Å². The van der Waals surface area contributed by atoms with Crippen LogP contribution in [0, 0.1) is 17.5 Å². The molecule has 0 spiro atoms. The van der Waals surface area contributed by atoms with Crippen LogP contribution >= 0.6 is 20.8 Å². The summed E-state index contributed by atoms with van der Waals surface area (Å²) in [4.78, 5) is 14.4. The maximum Gasteiger partial charge on any atom is 0.397 e. The molecule has 2 aliphatic rings. The fraction of sp³-hybridized carbons (Fsp3) is 0.600. The van der Waals surface area contributed by atoms with Gasteiger partial charge in [0, 0.05) is 17.3 Å². The molecule has 35 heavy (non-hydrogen) atoms. The zero-order valence-corrected chi connectivity index (χ0v) is 23.1. The highest BCUT2D eigenvalue weighted by atomic mass is 32.1. The highest BCUT2D eigenvalue weighted by molar-refractivity contribution is 7.71. The Labute approximate surface area is 211 Å². The minimum atomic E-state index is -1.69. The first kappa shape index (κ1) is 26.4. The predicted molar refractivity (Wildman–Crippen MR) is 136 cm³/mol. The summed E-state index contributed by atoms with van der Waals surface area (Å²) in [6.07, 6.45) is 2.78. The highest BCUT2D eigenvalue weighted by Crippen LogP contribution is 2.52. The van der Waals surface area contributed by atoms with E-state index in [1.807, 2.05) is 26.8 Å². The molecule has 2 aromatic rings. The summed E-state index contributed by atoms with van der Waals surface area (Å²) in [5.41, 5.74) is 1.83. The van der Waals surface area contributed by atoms with Crippen LogP contribution in [0.4, 0.5) is 4.39 Å². The predicted octanol–water partition coefficient (Wildman–Crippen LogP) is 6.48. The Morgan fingerprint density at radius 1 is 1.20 bits per heavy atom. The van der Waals surface area contributed by atoms with Gasteiger partial charge in [0.25, 0.3) is 5.56 Å². The monoisotopic (exact) mass is 524 g/mol. The van der Waals surface area contributed by atoms with Gasteiger partial charge >= 0.3 is 8.60 Å². The average Bonchev–Trinajstić information content (AvgIpc) is 3.22. The summed E-state index contributed by atoms with van der Waals surface area (Å²) in [6, 6.07) is 1.92. The van der Waals surface area contributed by atoms with E-state index in [1.165, 1.54) is 0 Å². The Bertz CT molecular complexity index is 1230. The number of aryl methyl sites for hydroxylation is 1. The molecule has 7 nitrogen and oxygen atoms in total. The molecule has 1 fully saturated rings. The second-order valence-electron chi connectivity index (χ2n) is 11.2. The van der Waals surface area contributed by atoms with Crippen LogP contribution in [0.15, 0.2) is 17.1 Å². The number of hydrogen-bond donors (Lipinski definition) is 1. The molecule has 2 aliphatic heterocycles. The van der Waals surface area contributed by atoms with Crippen LogP contribution < -0.4 is 10.1 Å². The fourth-order valence-electron chi connectivity index (χ4n) is 4.27. The number of benzene rings is 1. The van der Waals surface area contributed by atoms with Crippen molar-refractivity contribution in [2.75, 3.05) is 6.61 Å². The van der Waals surface area contributed by atoms with Crippen LogP contribution in [-0.4, -0.2) is 22.3 Å². The minimum Gasteiger partial charge on any atom is -0.426 e. The maximum absolute atomic E-state index is 15.4. The van der Waals surface area contributed by atoms with Crippen LogP contribution in [0.1, 0.15) is 82.9 Å². The van der Waals surface area contributed by atoms with Crippen molar-refractivity contribution in [2.24, 2.45) is 0 Å². The molecule has 3 heterocycles. The topological polar surface area (TPSA) is 74.7 Å². The third-order valence-corrected chi connectivity index (χ3v) is 7.66. The number of ether oxygens (including phenoxy) is 1. The first-order valence-electron chi connectivity index (χ1n) is 11.8. The molecule has 0 aliphatic carbocycles. The van der Waals surface area contributed by atoms with Gasteiger partial charge in [0.15, 0.2) is 4.77 Å². The lowest BCUT2D eigenvalue weighted by Gasteiger charge is -2.33. The van der Waals surface area contributed by atoms with Crippen molar-refractivity contribution < 1.29 is 22.7 Å². The zero-order valence-electron chi connectivity index (χ0n) is 21.4. The van der Waals surface area contributed by atoms with Crippen molar-refractivity contribution in [3.8, 4) is 5.75 Å². The number of fused-ring (bicyclic) bond motifs is 1. The molecular weight excluding hydrogens is 490 g/mol. The lowest BCUT2D eigenvalue weighted by atomic mass is 9.78. The third-order valence-electron chi connectivity index (χ3n) is 6.31. The maximum atomic E-state index is 15.4. The Kier molecular flexibility index (Phi) is 7.30. The first-order valence-corrected chi connectivity index (χ1v) is 13.3. The molecule has 0 radical (unpaired) electrons. The molecule has 10 heteroatoms. The second kappa shape index (κ2) is 9.67. The highest BCUT2D eigenvalue weighted by Gasteiger charge is 2.36. The van der Waals surface area contributed by atoms with E-state index in [-0.39, 0.29) is 47.8 Å². The quantitative estimate of drug-likeness (QED) is 0.365. The van der Waals surface area contributed by atoms with Gasteiger partial charge < -0.3 is 9.26 Å². The molecule has 4 rings (SSSR count). The van der Waals surface area contributed by atoms with Gasteiger partial charge in [0.1, 0.15) is 17.8 Å². The van der Waals surface area contributed by atoms with Crippen molar-refractivity contribution in [2.45, 2.75) is 91.1 Å². The van der Waals surface area contributed by atoms with E-state index in [2.05, 4.69) is 25.8 Å². The van der Waals surface area contributed by atoms with Gasteiger partial charge in [-0.3, -0.25) is 23.4 Å².